The van der Waals surface area contributed by atoms with E-state index in [-0.39, 0.29) is 5.92 Å². The second-order valence-electron chi connectivity index (χ2n) is 4.67. The molecule has 18 heavy (non-hydrogen) atoms. The first kappa shape index (κ1) is 11.0. The molecule has 1 aromatic heterocycles. The van der Waals surface area contributed by atoms with Crippen LogP contribution >= 0.6 is 0 Å². The summed E-state index contributed by atoms with van der Waals surface area (Å²) < 4.78 is 0. The summed E-state index contributed by atoms with van der Waals surface area (Å²) in [6.45, 7) is 0. The van der Waals surface area contributed by atoms with E-state index in [1.165, 1.54) is 0 Å². The van der Waals surface area contributed by atoms with Crippen LogP contribution in [0.2, 0.25) is 0 Å². The minimum absolute atomic E-state index is 0.280. The molecule has 0 amide bonds. The van der Waals surface area contributed by atoms with E-state index >= 15 is 0 Å². The lowest BCUT2D eigenvalue weighted by Gasteiger charge is -2.18. The van der Waals surface area contributed by atoms with Gasteiger partial charge in [-0.2, -0.15) is 5.10 Å². The zero-order chi connectivity index (χ0) is 12.5. The van der Waals surface area contributed by atoms with E-state index in [1.807, 2.05) is 30.3 Å². The van der Waals surface area contributed by atoms with Gasteiger partial charge in [-0.1, -0.05) is 30.3 Å². The lowest BCUT2D eigenvalue weighted by molar-refractivity contribution is -0.142. The Morgan fingerprint density at radius 2 is 2.11 bits per heavy atom. The van der Waals surface area contributed by atoms with Gasteiger partial charge < -0.3 is 5.11 Å². The van der Waals surface area contributed by atoms with E-state index in [2.05, 4.69) is 10.2 Å². The molecular weight excluding hydrogens is 228 g/mol. The number of nitrogens with zero attached hydrogens (tertiary/aromatic N) is 1. The van der Waals surface area contributed by atoms with Gasteiger partial charge in [0.15, 0.2) is 0 Å². The lowest BCUT2D eigenvalue weighted by atomic mass is 9.85. The molecule has 3 rings (SSSR count). The Labute approximate surface area is 105 Å². The maximum absolute atomic E-state index is 11.1. The van der Waals surface area contributed by atoms with Gasteiger partial charge in [0.05, 0.1) is 11.6 Å². The first-order valence-electron chi connectivity index (χ1n) is 6.10. The predicted molar refractivity (Wildman–Crippen MR) is 67.2 cm³/mol. The van der Waals surface area contributed by atoms with Gasteiger partial charge in [0.2, 0.25) is 0 Å². The normalized spacial score (nSPS) is 18.3. The topological polar surface area (TPSA) is 66.0 Å². The minimum atomic E-state index is -0.708. The van der Waals surface area contributed by atoms with Crippen LogP contribution < -0.4 is 0 Å². The smallest absolute Gasteiger partial charge is 0.306 e. The average molecular weight is 242 g/mol. The van der Waals surface area contributed by atoms with Crippen molar-refractivity contribution < 1.29 is 9.90 Å². The van der Waals surface area contributed by atoms with Gasteiger partial charge in [-0.05, 0) is 19.3 Å². The van der Waals surface area contributed by atoms with Crippen molar-refractivity contribution in [3.8, 4) is 11.3 Å². The lowest BCUT2D eigenvalue weighted by Crippen LogP contribution is -2.21. The number of rotatable bonds is 2. The number of aromatic amines is 1. The van der Waals surface area contributed by atoms with E-state index in [9.17, 15) is 4.79 Å². The van der Waals surface area contributed by atoms with Crippen LogP contribution in [0.3, 0.4) is 0 Å². The predicted octanol–water partition coefficient (Wildman–Crippen LogP) is 2.27. The Bertz CT molecular complexity index is 575. The Kier molecular flexibility index (Phi) is 2.63. The van der Waals surface area contributed by atoms with Crippen molar-refractivity contribution in [2.75, 3.05) is 0 Å². The standard InChI is InChI=1S/C14H14N2O2/c17-14(18)10-6-7-12-11(8-10)13(16-15-12)9-4-2-1-3-5-9/h1-5,10H,6-8H2,(H,15,16)(H,17,18). The zero-order valence-electron chi connectivity index (χ0n) is 9.89. The molecule has 0 fully saturated rings. The quantitative estimate of drug-likeness (QED) is 0.849. The van der Waals surface area contributed by atoms with Gasteiger partial charge >= 0.3 is 5.97 Å². The number of carboxylic acid groups (broad SMARTS) is 1. The Morgan fingerprint density at radius 3 is 2.83 bits per heavy atom. The van der Waals surface area contributed by atoms with Crippen molar-refractivity contribution in [3.05, 3.63) is 41.6 Å². The molecule has 1 atom stereocenters. The van der Waals surface area contributed by atoms with Gasteiger partial charge in [-0.25, -0.2) is 0 Å². The minimum Gasteiger partial charge on any atom is -0.481 e. The number of H-pyrrole nitrogens is 1. The van der Waals surface area contributed by atoms with Crippen LogP contribution in [0.4, 0.5) is 0 Å². The molecule has 92 valence electrons. The molecule has 0 saturated heterocycles. The van der Waals surface area contributed by atoms with Crippen LogP contribution in [0.15, 0.2) is 30.3 Å². The monoisotopic (exact) mass is 242 g/mol. The molecule has 0 saturated carbocycles. The number of hydrogen-bond donors (Lipinski definition) is 2. The number of carbonyl (C=O) groups is 1. The molecule has 2 aromatic rings. The summed E-state index contributed by atoms with van der Waals surface area (Å²) in [4.78, 5) is 11.1. The number of aromatic nitrogens is 2. The molecular formula is C14H14N2O2. The SMILES string of the molecule is O=C(O)C1CCc2[nH]nc(-c3ccccc3)c2C1. The summed E-state index contributed by atoms with van der Waals surface area (Å²) >= 11 is 0. The second-order valence-corrected chi connectivity index (χ2v) is 4.67. The highest BCUT2D eigenvalue weighted by Crippen LogP contribution is 2.31. The van der Waals surface area contributed by atoms with Crippen molar-refractivity contribution in [3.63, 3.8) is 0 Å². The molecule has 1 heterocycles. The number of aryl methyl sites for hydroxylation is 1. The fourth-order valence-electron chi connectivity index (χ4n) is 2.54. The van der Waals surface area contributed by atoms with Crippen molar-refractivity contribution in [1.29, 1.82) is 0 Å². The third kappa shape index (κ3) is 1.79. The van der Waals surface area contributed by atoms with Crippen LogP contribution in [0.5, 0.6) is 0 Å². The Hall–Kier alpha value is -2.10. The van der Waals surface area contributed by atoms with E-state index < -0.39 is 5.97 Å². The number of aliphatic carboxylic acids is 1. The molecule has 4 nitrogen and oxygen atoms in total. The fourth-order valence-corrected chi connectivity index (χ4v) is 2.54. The Balaban J connectivity index is 2.00. The van der Waals surface area contributed by atoms with Crippen LogP contribution in [0, 0.1) is 5.92 Å². The summed E-state index contributed by atoms with van der Waals surface area (Å²) in [5, 5.41) is 16.5. The van der Waals surface area contributed by atoms with E-state index in [0.717, 1.165) is 28.9 Å². The van der Waals surface area contributed by atoms with Crippen molar-refractivity contribution in [2.24, 2.45) is 5.92 Å². The fraction of sp³-hybridized carbons (Fsp3) is 0.286. The zero-order valence-corrected chi connectivity index (χ0v) is 9.89. The first-order chi connectivity index (χ1) is 8.75. The van der Waals surface area contributed by atoms with Crippen molar-refractivity contribution in [1.82, 2.24) is 10.2 Å². The van der Waals surface area contributed by atoms with Gasteiger partial charge in [0, 0.05) is 16.8 Å². The number of carboxylic acids is 1. The third-order valence-electron chi connectivity index (χ3n) is 3.54. The van der Waals surface area contributed by atoms with E-state index in [4.69, 9.17) is 5.11 Å². The maximum atomic E-state index is 11.1. The first-order valence-corrected chi connectivity index (χ1v) is 6.10. The van der Waals surface area contributed by atoms with Crippen LogP contribution in [0.1, 0.15) is 17.7 Å². The molecule has 1 aromatic carbocycles. The molecule has 4 heteroatoms. The summed E-state index contributed by atoms with van der Waals surface area (Å²) in [6.07, 6.45) is 2.04. The average Bonchev–Trinajstić information content (AvgIpc) is 2.82. The Morgan fingerprint density at radius 1 is 1.33 bits per heavy atom. The van der Waals surface area contributed by atoms with Crippen LogP contribution in [-0.4, -0.2) is 21.3 Å². The van der Waals surface area contributed by atoms with Gasteiger partial charge in [0.25, 0.3) is 0 Å². The van der Waals surface area contributed by atoms with Gasteiger partial charge in [0.1, 0.15) is 0 Å². The molecule has 1 aliphatic rings. The number of nitrogens with one attached hydrogen (secondary N) is 1. The van der Waals surface area contributed by atoms with Gasteiger partial charge in [-0.3, -0.25) is 9.89 Å². The summed E-state index contributed by atoms with van der Waals surface area (Å²) in [5.74, 6) is -0.988. The number of hydrogen-bond acceptors (Lipinski definition) is 2. The molecule has 1 aliphatic carbocycles. The van der Waals surface area contributed by atoms with Crippen molar-refractivity contribution >= 4 is 5.97 Å². The summed E-state index contributed by atoms with van der Waals surface area (Å²) in [5.41, 5.74) is 4.10. The van der Waals surface area contributed by atoms with E-state index in [0.29, 0.717) is 12.8 Å². The second kappa shape index (κ2) is 4.29. The highest BCUT2D eigenvalue weighted by molar-refractivity contribution is 5.72. The molecule has 0 bridgehead atoms. The highest BCUT2D eigenvalue weighted by Gasteiger charge is 2.28. The third-order valence-corrected chi connectivity index (χ3v) is 3.54. The van der Waals surface area contributed by atoms with E-state index in [1.54, 1.807) is 0 Å². The number of fused-ring (bicyclic) bond motifs is 1. The highest BCUT2D eigenvalue weighted by atomic mass is 16.4. The summed E-state index contributed by atoms with van der Waals surface area (Å²) in [6, 6.07) is 9.89. The molecule has 0 spiro atoms. The van der Waals surface area contributed by atoms with Crippen LogP contribution in [-0.2, 0) is 17.6 Å². The molecule has 2 N–H and O–H groups in total. The number of benzene rings is 1. The van der Waals surface area contributed by atoms with Crippen molar-refractivity contribution in [2.45, 2.75) is 19.3 Å². The summed E-state index contributed by atoms with van der Waals surface area (Å²) in [7, 11) is 0. The molecule has 0 aliphatic heterocycles. The largest absolute Gasteiger partial charge is 0.481 e. The molecule has 1 unspecified atom stereocenters. The van der Waals surface area contributed by atoms with Gasteiger partial charge in [-0.15, -0.1) is 0 Å². The maximum Gasteiger partial charge on any atom is 0.306 e. The molecule has 0 radical (unpaired) electrons. The van der Waals surface area contributed by atoms with Crippen LogP contribution in [0.25, 0.3) is 11.3 Å².